The maximum atomic E-state index is 5.46. The lowest BCUT2D eigenvalue weighted by Gasteiger charge is -2.28. The fourth-order valence-corrected chi connectivity index (χ4v) is 3.47. The van der Waals surface area contributed by atoms with Gasteiger partial charge in [0.1, 0.15) is 0 Å². The second kappa shape index (κ2) is 7.80. The summed E-state index contributed by atoms with van der Waals surface area (Å²) in [5.74, 6) is 2.38. The van der Waals surface area contributed by atoms with Gasteiger partial charge in [-0.15, -0.1) is 5.10 Å². The first-order valence-corrected chi connectivity index (χ1v) is 9.08. The molecule has 0 bridgehead atoms. The van der Waals surface area contributed by atoms with E-state index in [9.17, 15) is 0 Å². The summed E-state index contributed by atoms with van der Waals surface area (Å²) in [5.41, 5.74) is 2.06. The van der Waals surface area contributed by atoms with Crippen LogP contribution in [0.4, 0.5) is 5.82 Å². The highest BCUT2D eigenvalue weighted by atomic mass is 16.5. The van der Waals surface area contributed by atoms with Crippen LogP contribution in [0.2, 0.25) is 0 Å². The highest BCUT2D eigenvalue weighted by Crippen LogP contribution is 2.31. The van der Waals surface area contributed by atoms with E-state index in [1.807, 2.05) is 30.3 Å². The van der Waals surface area contributed by atoms with Gasteiger partial charge in [-0.2, -0.15) is 5.10 Å². The van der Waals surface area contributed by atoms with Crippen LogP contribution in [0.15, 0.2) is 42.5 Å². The third-order valence-electron chi connectivity index (χ3n) is 4.87. The fraction of sp³-hybridized carbons (Fsp3) is 0.333. The smallest absolute Gasteiger partial charge is 0.160 e. The van der Waals surface area contributed by atoms with Gasteiger partial charge >= 0.3 is 0 Å². The van der Waals surface area contributed by atoms with E-state index in [1.165, 1.54) is 0 Å². The predicted molar refractivity (Wildman–Crippen MR) is 105 cm³/mol. The molecule has 0 N–H and O–H groups in total. The van der Waals surface area contributed by atoms with Crippen LogP contribution < -0.4 is 14.4 Å². The Balaban J connectivity index is 1.71. The van der Waals surface area contributed by atoms with Crippen molar-refractivity contribution in [2.75, 3.05) is 45.4 Å². The van der Waals surface area contributed by atoms with Gasteiger partial charge in [0.15, 0.2) is 17.3 Å². The van der Waals surface area contributed by atoms with Crippen molar-refractivity contribution in [2.45, 2.75) is 6.42 Å². The Bertz CT molecular complexity index is 939. The molecule has 2 aromatic carbocycles. The van der Waals surface area contributed by atoms with Gasteiger partial charge in [0, 0.05) is 30.3 Å². The zero-order valence-corrected chi connectivity index (χ0v) is 15.6. The maximum Gasteiger partial charge on any atom is 0.160 e. The van der Waals surface area contributed by atoms with Gasteiger partial charge in [-0.05, 0) is 17.7 Å². The van der Waals surface area contributed by atoms with Gasteiger partial charge in [0.25, 0.3) is 0 Å². The second-order valence-corrected chi connectivity index (χ2v) is 6.48. The SMILES string of the molecule is COc1ccc(Cc2nnc(N3CCOCC3)c3ccccc23)cc1OC. The summed E-state index contributed by atoms with van der Waals surface area (Å²) < 4.78 is 16.2. The number of hydrogen-bond donors (Lipinski definition) is 0. The summed E-state index contributed by atoms with van der Waals surface area (Å²) in [6.45, 7) is 3.13. The molecule has 0 aliphatic carbocycles. The molecule has 1 aromatic heterocycles. The largest absolute Gasteiger partial charge is 0.493 e. The minimum atomic E-state index is 0.678. The molecule has 4 rings (SSSR count). The summed E-state index contributed by atoms with van der Waals surface area (Å²) in [4.78, 5) is 2.25. The molecule has 1 fully saturated rings. The number of methoxy groups -OCH3 is 2. The molecule has 27 heavy (non-hydrogen) atoms. The quantitative estimate of drug-likeness (QED) is 0.693. The summed E-state index contributed by atoms with van der Waals surface area (Å²) in [6, 6.07) is 14.3. The number of aromatic nitrogens is 2. The molecule has 6 nitrogen and oxygen atoms in total. The Kier molecular flexibility index (Phi) is 5.07. The number of fused-ring (bicyclic) bond motifs is 1. The Morgan fingerprint density at radius 2 is 1.67 bits per heavy atom. The molecule has 0 spiro atoms. The highest BCUT2D eigenvalue weighted by Gasteiger charge is 2.18. The molecule has 6 heteroatoms. The van der Waals surface area contributed by atoms with E-state index < -0.39 is 0 Å². The normalized spacial score (nSPS) is 14.4. The van der Waals surface area contributed by atoms with Gasteiger partial charge in [-0.1, -0.05) is 30.3 Å². The van der Waals surface area contributed by atoms with Crippen molar-refractivity contribution >= 4 is 16.6 Å². The van der Waals surface area contributed by atoms with Crippen molar-refractivity contribution in [1.82, 2.24) is 10.2 Å². The first-order valence-electron chi connectivity index (χ1n) is 9.08. The summed E-state index contributed by atoms with van der Waals surface area (Å²) in [7, 11) is 3.29. The van der Waals surface area contributed by atoms with Crippen molar-refractivity contribution < 1.29 is 14.2 Å². The first-order chi connectivity index (χ1) is 13.3. The van der Waals surface area contributed by atoms with Gasteiger partial charge in [0.2, 0.25) is 0 Å². The predicted octanol–water partition coefficient (Wildman–Crippen LogP) is 3.07. The Labute approximate surface area is 158 Å². The van der Waals surface area contributed by atoms with E-state index in [-0.39, 0.29) is 0 Å². The number of morpholine rings is 1. The van der Waals surface area contributed by atoms with Crippen LogP contribution in [0, 0.1) is 0 Å². The number of benzene rings is 2. The Morgan fingerprint density at radius 1 is 0.926 bits per heavy atom. The van der Waals surface area contributed by atoms with Crippen molar-refractivity contribution in [2.24, 2.45) is 0 Å². The topological polar surface area (TPSA) is 56.7 Å². The van der Waals surface area contributed by atoms with E-state index in [2.05, 4.69) is 27.2 Å². The number of ether oxygens (including phenoxy) is 3. The fourth-order valence-electron chi connectivity index (χ4n) is 3.47. The molecule has 140 valence electrons. The standard InChI is InChI=1S/C21H23N3O3/c1-25-19-8-7-15(14-20(19)26-2)13-18-16-5-3-4-6-17(16)21(23-22-18)24-9-11-27-12-10-24/h3-8,14H,9-13H2,1-2H3. The van der Waals surface area contributed by atoms with Gasteiger partial charge in [-0.25, -0.2) is 0 Å². The lowest BCUT2D eigenvalue weighted by atomic mass is 10.0. The average Bonchev–Trinajstić information content (AvgIpc) is 2.74. The zero-order chi connectivity index (χ0) is 18.6. The van der Waals surface area contributed by atoms with Crippen molar-refractivity contribution in [3.05, 3.63) is 53.7 Å². The third kappa shape index (κ3) is 3.53. The monoisotopic (exact) mass is 365 g/mol. The van der Waals surface area contributed by atoms with E-state index in [4.69, 9.17) is 14.2 Å². The van der Waals surface area contributed by atoms with Crippen molar-refractivity contribution in [3.63, 3.8) is 0 Å². The second-order valence-electron chi connectivity index (χ2n) is 6.48. The minimum absolute atomic E-state index is 0.678. The summed E-state index contributed by atoms with van der Waals surface area (Å²) >= 11 is 0. The van der Waals surface area contributed by atoms with Crippen LogP contribution in [0.25, 0.3) is 10.8 Å². The average molecular weight is 365 g/mol. The molecular weight excluding hydrogens is 342 g/mol. The molecule has 0 atom stereocenters. The Morgan fingerprint density at radius 3 is 2.41 bits per heavy atom. The van der Waals surface area contributed by atoms with Crippen molar-refractivity contribution in [3.8, 4) is 11.5 Å². The lowest BCUT2D eigenvalue weighted by Crippen LogP contribution is -2.37. The number of rotatable bonds is 5. The molecular formula is C21H23N3O3. The van der Waals surface area contributed by atoms with E-state index in [1.54, 1.807) is 14.2 Å². The van der Waals surface area contributed by atoms with Gasteiger partial charge in [0.05, 0.1) is 33.1 Å². The van der Waals surface area contributed by atoms with Crippen LogP contribution in [0.3, 0.4) is 0 Å². The molecule has 1 aliphatic heterocycles. The van der Waals surface area contributed by atoms with Crippen LogP contribution >= 0.6 is 0 Å². The molecule has 1 saturated heterocycles. The summed E-state index contributed by atoms with van der Waals surface area (Å²) in [5, 5.41) is 11.4. The van der Waals surface area contributed by atoms with E-state index in [0.717, 1.165) is 65.6 Å². The molecule has 1 aliphatic rings. The molecule has 2 heterocycles. The highest BCUT2D eigenvalue weighted by molar-refractivity contribution is 5.93. The van der Waals surface area contributed by atoms with Gasteiger partial charge in [-0.3, -0.25) is 0 Å². The maximum absolute atomic E-state index is 5.46. The lowest BCUT2D eigenvalue weighted by molar-refractivity contribution is 0.122. The first kappa shape index (κ1) is 17.5. The molecule has 0 unspecified atom stereocenters. The van der Waals surface area contributed by atoms with Crippen molar-refractivity contribution in [1.29, 1.82) is 0 Å². The van der Waals surface area contributed by atoms with E-state index >= 15 is 0 Å². The molecule has 0 radical (unpaired) electrons. The molecule has 0 amide bonds. The summed E-state index contributed by atoms with van der Waals surface area (Å²) in [6.07, 6.45) is 0.678. The number of hydrogen-bond acceptors (Lipinski definition) is 6. The number of nitrogens with zero attached hydrogens (tertiary/aromatic N) is 3. The number of anilines is 1. The zero-order valence-electron chi connectivity index (χ0n) is 15.6. The van der Waals surface area contributed by atoms with Crippen LogP contribution in [0.1, 0.15) is 11.3 Å². The third-order valence-corrected chi connectivity index (χ3v) is 4.87. The van der Waals surface area contributed by atoms with E-state index in [0.29, 0.717) is 6.42 Å². The van der Waals surface area contributed by atoms with Crippen LogP contribution in [0.5, 0.6) is 11.5 Å². The molecule has 3 aromatic rings. The van der Waals surface area contributed by atoms with Crippen LogP contribution in [-0.4, -0.2) is 50.7 Å². The molecule has 0 saturated carbocycles. The van der Waals surface area contributed by atoms with Gasteiger partial charge < -0.3 is 19.1 Å². The van der Waals surface area contributed by atoms with Crippen LogP contribution in [-0.2, 0) is 11.2 Å². The Hall–Kier alpha value is -2.86. The minimum Gasteiger partial charge on any atom is -0.493 e.